The fourth-order valence-electron chi connectivity index (χ4n) is 2.94. The van der Waals surface area contributed by atoms with Crippen LogP contribution in [0.3, 0.4) is 0 Å². The fourth-order valence-corrected chi connectivity index (χ4v) is 3.57. The van der Waals surface area contributed by atoms with E-state index in [1.165, 1.54) is 36.0 Å². The van der Waals surface area contributed by atoms with Crippen LogP contribution in [0.2, 0.25) is 0 Å². The number of halogens is 1. The van der Waals surface area contributed by atoms with Gasteiger partial charge in [-0.2, -0.15) is 0 Å². The molecule has 1 heteroatoms. The lowest BCUT2D eigenvalue weighted by atomic mass is 9.98. The molecule has 0 saturated heterocycles. The Morgan fingerprint density at radius 1 is 1.05 bits per heavy atom. The van der Waals surface area contributed by atoms with Crippen molar-refractivity contribution in [2.24, 2.45) is 0 Å². The van der Waals surface area contributed by atoms with E-state index in [0.717, 1.165) is 6.42 Å². The van der Waals surface area contributed by atoms with Crippen LogP contribution in [0.15, 0.2) is 42.5 Å². The van der Waals surface area contributed by atoms with Crippen molar-refractivity contribution in [3.63, 3.8) is 0 Å². The molecule has 0 spiro atoms. The maximum Gasteiger partial charge on any atom is 0.0435 e. The minimum absolute atomic E-state index is 0.416. The molecule has 3 rings (SSSR count). The monoisotopic (exact) mass is 314 g/mol. The van der Waals surface area contributed by atoms with Gasteiger partial charge in [0.25, 0.3) is 0 Å². The summed E-state index contributed by atoms with van der Waals surface area (Å²) in [4.78, 5) is 0.416. The lowest BCUT2D eigenvalue weighted by Gasteiger charge is -2.13. The quantitative estimate of drug-likeness (QED) is 0.686. The van der Waals surface area contributed by atoms with E-state index in [1.54, 1.807) is 11.1 Å². The molecule has 0 aromatic heterocycles. The van der Waals surface area contributed by atoms with Crippen LogP contribution in [-0.2, 0) is 19.3 Å². The second-order valence-corrected chi connectivity index (χ2v) is 6.59. The fraction of sp³-hybridized carbons (Fsp3) is 0.333. The third kappa shape index (κ3) is 2.76. The topological polar surface area (TPSA) is 0 Å². The number of benzene rings is 2. The highest BCUT2D eigenvalue weighted by atomic mass is 79.9. The molecule has 19 heavy (non-hydrogen) atoms. The van der Waals surface area contributed by atoms with Crippen LogP contribution in [0.5, 0.6) is 0 Å². The molecule has 0 amide bonds. The second kappa shape index (κ2) is 5.50. The summed E-state index contributed by atoms with van der Waals surface area (Å²) in [5, 5.41) is 0. The van der Waals surface area contributed by atoms with Crippen LogP contribution in [0.25, 0.3) is 0 Å². The number of rotatable bonds is 3. The first kappa shape index (κ1) is 12.9. The van der Waals surface area contributed by atoms with Gasteiger partial charge in [-0.3, -0.25) is 0 Å². The highest BCUT2D eigenvalue weighted by Crippen LogP contribution is 2.32. The molecule has 1 unspecified atom stereocenters. The Labute approximate surface area is 124 Å². The van der Waals surface area contributed by atoms with Gasteiger partial charge in [0, 0.05) is 4.83 Å². The third-order valence-corrected chi connectivity index (χ3v) is 5.00. The van der Waals surface area contributed by atoms with E-state index in [-0.39, 0.29) is 0 Å². The van der Waals surface area contributed by atoms with Crippen molar-refractivity contribution in [3.05, 3.63) is 70.3 Å². The normalized spacial score (nSPS) is 15.3. The predicted octanol–water partition coefficient (Wildman–Crippen LogP) is 5.16. The Kier molecular flexibility index (Phi) is 3.74. The maximum absolute atomic E-state index is 3.87. The highest BCUT2D eigenvalue weighted by molar-refractivity contribution is 9.09. The van der Waals surface area contributed by atoms with Crippen molar-refractivity contribution in [2.75, 3.05) is 0 Å². The van der Waals surface area contributed by atoms with Gasteiger partial charge in [-0.05, 0) is 60.4 Å². The molecule has 1 aliphatic carbocycles. The van der Waals surface area contributed by atoms with E-state index in [9.17, 15) is 0 Å². The van der Waals surface area contributed by atoms with Crippen molar-refractivity contribution >= 4 is 15.9 Å². The van der Waals surface area contributed by atoms with Crippen molar-refractivity contribution in [3.8, 4) is 0 Å². The van der Waals surface area contributed by atoms with Gasteiger partial charge in [0.15, 0.2) is 0 Å². The molecule has 0 aliphatic heterocycles. The summed E-state index contributed by atoms with van der Waals surface area (Å²) in [5.74, 6) is 0. The molecular formula is C18H19Br. The number of fused-ring (bicyclic) bond motifs is 1. The number of hydrogen-bond acceptors (Lipinski definition) is 0. The van der Waals surface area contributed by atoms with Crippen LogP contribution >= 0.6 is 15.9 Å². The van der Waals surface area contributed by atoms with E-state index in [1.807, 2.05) is 0 Å². The molecule has 0 radical (unpaired) electrons. The van der Waals surface area contributed by atoms with Gasteiger partial charge in [0.1, 0.15) is 0 Å². The Bertz CT molecular complexity index is 586. The Hall–Kier alpha value is -1.08. The Balaban J connectivity index is 1.81. The summed E-state index contributed by atoms with van der Waals surface area (Å²) in [6.45, 7) is 2.19. The molecular weight excluding hydrogens is 296 g/mol. The first-order chi connectivity index (χ1) is 9.24. The summed E-state index contributed by atoms with van der Waals surface area (Å²) >= 11 is 3.87. The average Bonchev–Trinajstić information content (AvgIpc) is 2.88. The lowest BCUT2D eigenvalue weighted by Crippen LogP contribution is -1.98. The minimum Gasteiger partial charge on any atom is -0.0835 e. The summed E-state index contributed by atoms with van der Waals surface area (Å²) in [7, 11) is 0. The van der Waals surface area contributed by atoms with Crippen LogP contribution < -0.4 is 0 Å². The molecule has 2 aromatic carbocycles. The van der Waals surface area contributed by atoms with E-state index in [4.69, 9.17) is 0 Å². The van der Waals surface area contributed by atoms with Gasteiger partial charge in [-0.1, -0.05) is 58.4 Å². The van der Waals surface area contributed by atoms with Crippen molar-refractivity contribution < 1.29 is 0 Å². The molecule has 2 aromatic rings. The van der Waals surface area contributed by atoms with Crippen molar-refractivity contribution in [1.82, 2.24) is 0 Å². The van der Waals surface area contributed by atoms with E-state index < -0.39 is 0 Å². The molecule has 0 saturated carbocycles. The van der Waals surface area contributed by atoms with E-state index >= 15 is 0 Å². The van der Waals surface area contributed by atoms with Crippen molar-refractivity contribution in [1.29, 1.82) is 0 Å². The number of hydrogen-bond donors (Lipinski definition) is 0. The van der Waals surface area contributed by atoms with Gasteiger partial charge in [0.2, 0.25) is 0 Å². The summed E-state index contributed by atoms with van der Waals surface area (Å²) in [6.07, 6.45) is 4.91. The molecule has 0 nitrogen and oxygen atoms in total. The first-order valence-corrected chi connectivity index (χ1v) is 7.96. The largest absolute Gasteiger partial charge is 0.0835 e. The van der Waals surface area contributed by atoms with E-state index in [2.05, 4.69) is 65.3 Å². The molecule has 0 N–H and O–H groups in total. The third-order valence-electron chi connectivity index (χ3n) is 4.14. The Morgan fingerprint density at radius 3 is 2.68 bits per heavy atom. The number of alkyl halides is 1. The van der Waals surface area contributed by atoms with Gasteiger partial charge < -0.3 is 0 Å². The zero-order valence-electron chi connectivity index (χ0n) is 11.3. The first-order valence-electron chi connectivity index (χ1n) is 7.04. The molecule has 0 fully saturated rings. The molecule has 0 bridgehead atoms. The van der Waals surface area contributed by atoms with Crippen LogP contribution in [-0.4, -0.2) is 0 Å². The van der Waals surface area contributed by atoms with Gasteiger partial charge in [-0.15, -0.1) is 0 Å². The maximum atomic E-state index is 3.87. The summed E-state index contributed by atoms with van der Waals surface area (Å²) in [5.41, 5.74) is 7.35. The summed E-state index contributed by atoms with van der Waals surface area (Å²) < 4.78 is 0. The lowest BCUT2D eigenvalue weighted by molar-refractivity contribution is 0.909. The summed E-state index contributed by atoms with van der Waals surface area (Å²) in [6, 6.07) is 15.7. The van der Waals surface area contributed by atoms with Crippen LogP contribution in [0.1, 0.15) is 39.1 Å². The van der Waals surface area contributed by atoms with Crippen LogP contribution in [0.4, 0.5) is 0 Å². The van der Waals surface area contributed by atoms with Crippen LogP contribution in [0, 0.1) is 6.92 Å². The number of aryl methyl sites for hydroxylation is 3. The molecule has 98 valence electrons. The zero-order chi connectivity index (χ0) is 13.2. The van der Waals surface area contributed by atoms with Crippen molar-refractivity contribution in [2.45, 2.75) is 37.4 Å². The van der Waals surface area contributed by atoms with Gasteiger partial charge >= 0.3 is 0 Å². The standard InChI is InChI=1S/C18H19Br/c1-13-5-2-3-6-15(13)12-18(19)17-10-9-14-7-4-8-16(14)11-17/h2-3,5-6,9-11,18H,4,7-8,12H2,1H3. The smallest absolute Gasteiger partial charge is 0.0435 e. The minimum atomic E-state index is 0.416. The van der Waals surface area contributed by atoms with E-state index in [0.29, 0.717) is 4.83 Å². The molecule has 1 aliphatic rings. The molecule has 0 heterocycles. The Morgan fingerprint density at radius 2 is 1.84 bits per heavy atom. The SMILES string of the molecule is Cc1ccccc1CC(Br)c1ccc2c(c1)CCC2. The predicted molar refractivity (Wildman–Crippen MR) is 85.0 cm³/mol. The second-order valence-electron chi connectivity index (χ2n) is 5.48. The average molecular weight is 315 g/mol. The molecule has 1 atom stereocenters. The van der Waals surface area contributed by atoms with Gasteiger partial charge in [0.05, 0.1) is 0 Å². The van der Waals surface area contributed by atoms with Gasteiger partial charge in [-0.25, -0.2) is 0 Å². The highest BCUT2D eigenvalue weighted by Gasteiger charge is 2.15. The zero-order valence-corrected chi connectivity index (χ0v) is 12.9.